The maximum Gasteiger partial charge on any atom is 0.416 e. The molecule has 0 atom stereocenters. The van der Waals surface area contributed by atoms with Crippen LogP contribution in [0.4, 0.5) is 13.2 Å². The molecule has 1 N–H and O–H groups in total. The van der Waals surface area contributed by atoms with Crippen molar-refractivity contribution in [3.8, 4) is 11.1 Å². The quantitative estimate of drug-likeness (QED) is 0.418. The van der Waals surface area contributed by atoms with E-state index in [0.29, 0.717) is 5.39 Å². The fourth-order valence-corrected chi connectivity index (χ4v) is 3.35. The number of fused-ring (bicyclic) bond motifs is 2. The first kappa shape index (κ1) is 17.1. The Morgan fingerprint density at radius 1 is 0.778 bits per heavy atom. The second kappa shape index (κ2) is 6.13. The number of carboxylic acid groups (broad SMARTS) is 1. The summed E-state index contributed by atoms with van der Waals surface area (Å²) in [5, 5.41) is 12.9. The Bertz CT molecular complexity index is 1190. The summed E-state index contributed by atoms with van der Waals surface area (Å²) in [5.74, 6) is -1.18. The average molecular weight is 366 g/mol. The van der Waals surface area contributed by atoms with Gasteiger partial charge < -0.3 is 5.11 Å². The van der Waals surface area contributed by atoms with E-state index in [4.69, 9.17) is 0 Å². The normalized spacial score (nSPS) is 11.8. The van der Waals surface area contributed by atoms with Gasteiger partial charge in [-0.2, -0.15) is 13.2 Å². The maximum atomic E-state index is 13.1. The van der Waals surface area contributed by atoms with Gasteiger partial charge >= 0.3 is 12.1 Å². The molecule has 5 heteroatoms. The van der Waals surface area contributed by atoms with Crippen molar-refractivity contribution >= 4 is 27.5 Å². The second-order valence-electron chi connectivity index (χ2n) is 6.29. The van der Waals surface area contributed by atoms with Crippen LogP contribution >= 0.6 is 0 Å². The Morgan fingerprint density at radius 3 is 2.15 bits per heavy atom. The van der Waals surface area contributed by atoms with E-state index in [-0.39, 0.29) is 16.7 Å². The zero-order valence-corrected chi connectivity index (χ0v) is 13.9. The molecule has 0 spiro atoms. The van der Waals surface area contributed by atoms with Crippen molar-refractivity contribution in [2.75, 3.05) is 0 Å². The minimum absolute atomic E-state index is 0.00224. The van der Waals surface area contributed by atoms with Crippen molar-refractivity contribution in [1.29, 1.82) is 0 Å². The molecule has 0 saturated carbocycles. The molecule has 0 radical (unpaired) electrons. The standard InChI is InChI=1S/C22H13F3O2/c23-22(24,25)17-7-3-6-15(11-17)18-9-8-16-10-13-4-1-2-5-14(13)12-19(16)20(18)21(26)27/h1-12H,(H,26,27). The molecule has 0 heterocycles. The van der Waals surface area contributed by atoms with Crippen LogP contribution in [0.2, 0.25) is 0 Å². The number of hydrogen-bond donors (Lipinski definition) is 1. The molecule has 27 heavy (non-hydrogen) atoms. The van der Waals surface area contributed by atoms with Crippen LogP contribution in [-0.4, -0.2) is 11.1 Å². The van der Waals surface area contributed by atoms with Gasteiger partial charge in [0.25, 0.3) is 0 Å². The Labute approximate surface area is 152 Å². The van der Waals surface area contributed by atoms with Crippen molar-refractivity contribution < 1.29 is 23.1 Å². The molecular weight excluding hydrogens is 353 g/mol. The smallest absolute Gasteiger partial charge is 0.416 e. The topological polar surface area (TPSA) is 37.3 Å². The van der Waals surface area contributed by atoms with E-state index in [1.165, 1.54) is 12.1 Å². The van der Waals surface area contributed by atoms with Crippen molar-refractivity contribution in [2.45, 2.75) is 6.18 Å². The lowest BCUT2D eigenvalue weighted by atomic mass is 9.92. The second-order valence-corrected chi connectivity index (χ2v) is 6.29. The molecule has 0 saturated heterocycles. The summed E-state index contributed by atoms with van der Waals surface area (Å²) >= 11 is 0. The van der Waals surface area contributed by atoms with Gasteiger partial charge in [0.15, 0.2) is 0 Å². The number of carboxylic acids is 1. The highest BCUT2D eigenvalue weighted by molar-refractivity contribution is 6.12. The lowest BCUT2D eigenvalue weighted by molar-refractivity contribution is -0.137. The first-order valence-electron chi connectivity index (χ1n) is 8.21. The van der Waals surface area contributed by atoms with Gasteiger partial charge in [-0.15, -0.1) is 0 Å². The SMILES string of the molecule is O=C(O)c1c(-c2cccc(C(F)(F)F)c2)ccc2cc3ccccc3cc12. The summed E-state index contributed by atoms with van der Waals surface area (Å²) in [4.78, 5) is 12.0. The minimum atomic E-state index is -4.49. The summed E-state index contributed by atoms with van der Waals surface area (Å²) in [6.07, 6.45) is -4.49. The molecule has 0 unspecified atom stereocenters. The van der Waals surface area contributed by atoms with Gasteiger partial charge in [0.1, 0.15) is 0 Å². The zero-order valence-electron chi connectivity index (χ0n) is 13.9. The van der Waals surface area contributed by atoms with Crippen LogP contribution in [0.15, 0.2) is 72.8 Å². The number of benzene rings is 4. The minimum Gasteiger partial charge on any atom is -0.478 e. The lowest BCUT2D eigenvalue weighted by Crippen LogP contribution is -2.05. The van der Waals surface area contributed by atoms with Gasteiger partial charge in [0.05, 0.1) is 11.1 Å². The molecule has 4 rings (SSSR count). The molecule has 2 nitrogen and oxygen atoms in total. The van der Waals surface area contributed by atoms with E-state index in [1.54, 1.807) is 18.2 Å². The number of carbonyl (C=O) groups is 1. The van der Waals surface area contributed by atoms with Gasteiger partial charge in [-0.1, -0.05) is 48.5 Å². The summed E-state index contributed by atoms with van der Waals surface area (Å²) in [5.41, 5.74) is -0.332. The van der Waals surface area contributed by atoms with E-state index in [0.717, 1.165) is 28.3 Å². The third-order valence-corrected chi connectivity index (χ3v) is 4.60. The van der Waals surface area contributed by atoms with Gasteiger partial charge in [-0.05, 0) is 56.9 Å². The summed E-state index contributed by atoms with van der Waals surface area (Å²) in [7, 11) is 0. The lowest BCUT2D eigenvalue weighted by Gasteiger charge is -2.13. The summed E-state index contributed by atoms with van der Waals surface area (Å²) in [6.45, 7) is 0. The van der Waals surface area contributed by atoms with Crippen molar-refractivity contribution in [2.24, 2.45) is 0 Å². The molecule has 0 bridgehead atoms. The molecule has 0 aliphatic rings. The monoisotopic (exact) mass is 366 g/mol. The van der Waals surface area contributed by atoms with E-state index in [9.17, 15) is 23.1 Å². The van der Waals surface area contributed by atoms with Crippen molar-refractivity contribution in [3.05, 3.63) is 83.9 Å². The Balaban J connectivity index is 2.03. The highest BCUT2D eigenvalue weighted by atomic mass is 19.4. The fourth-order valence-electron chi connectivity index (χ4n) is 3.35. The summed E-state index contributed by atoms with van der Waals surface area (Å²) < 4.78 is 39.2. The summed E-state index contributed by atoms with van der Waals surface area (Å²) in [6, 6.07) is 19.2. The average Bonchev–Trinajstić information content (AvgIpc) is 2.64. The van der Waals surface area contributed by atoms with E-state index >= 15 is 0 Å². The number of alkyl halides is 3. The van der Waals surface area contributed by atoms with Crippen molar-refractivity contribution in [3.63, 3.8) is 0 Å². The van der Waals surface area contributed by atoms with Gasteiger partial charge in [0.2, 0.25) is 0 Å². The number of hydrogen-bond acceptors (Lipinski definition) is 1. The van der Waals surface area contributed by atoms with Crippen molar-refractivity contribution in [1.82, 2.24) is 0 Å². The number of halogens is 3. The fraction of sp³-hybridized carbons (Fsp3) is 0.0455. The molecule has 134 valence electrons. The molecule has 4 aromatic rings. The van der Waals surface area contributed by atoms with E-state index < -0.39 is 17.7 Å². The first-order valence-corrected chi connectivity index (χ1v) is 8.21. The first-order chi connectivity index (χ1) is 12.8. The zero-order chi connectivity index (χ0) is 19.2. The third-order valence-electron chi connectivity index (χ3n) is 4.60. The molecule has 0 aliphatic carbocycles. The van der Waals surface area contributed by atoms with Gasteiger partial charge in [-0.3, -0.25) is 0 Å². The Morgan fingerprint density at radius 2 is 1.48 bits per heavy atom. The highest BCUT2D eigenvalue weighted by Crippen LogP contribution is 2.36. The molecule has 0 aliphatic heterocycles. The predicted octanol–water partition coefficient (Wildman–Crippen LogP) is 6.38. The molecule has 0 fully saturated rings. The predicted molar refractivity (Wildman–Crippen MR) is 98.9 cm³/mol. The Hall–Kier alpha value is -3.34. The van der Waals surface area contributed by atoms with Gasteiger partial charge in [-0.25, -0.2) is 4.79 Å². The molecular formula is C22H13F3O2. The van der Waals surface area contributed by atoms with Crippen LogP contribution in [0.5, 0.6) is 0 Å². The van der Waals surface area contributed by atoms with Crippen LogP contribution in [0.3, 0.4) is 0 Å². The molecule has 0 aromatic heterocycles. The van der Waals surface area contributed by atoms with Crippen LogP contribution in [-0.2, 0) is 6.18 Å². The molecule has 0 amide bonds. The molecule has 4 aromatic carbocycles. The number of aromatic carboxylic acids is 1. The maximum absolute atomic E-state index is 13.1. The van der Waals surface area contributed by atoms with Gasteiger partial charge in [0, 0.05) is 0 Å². The largest absolute Gasteiger partial charge is 0.478 e. The highest BCUT2D eigenvalue weighted by Gasteiger charge is 2.30. The van der Waals surface area contributed by atoms with Crippen LogP contribution in [0, 0.1) is 0 Å². The van der Waals surface area contributed by atoms with E-state index in [1.807, 2.05) is 30.3 Å². The number of rotatable bonds is 2. The third kappa shape index (κ3) is 3.01. The van der Waals surface area contributed by atoms with E-state index in [2.05, 4.69) is 0 Å². The van der Waals surface area contributed by atoms with Crippen LogP contribution < -0.4 is 0 Å². The van der Waals surface area contributed by atoms with Crippen LogP contribution in [0.1, 0.15) is 15.9 Å². The van der Waals surface area contributed by atoms with Crippen LogP contribution in [0.25, 0.3) is 32.7 Å². The Kier molecular flexibility index (Phi) is 3.88.